The molecule has 21 heavy (non-hydrogen) atoms. The summed E-state index contributed by atoms with van der Waals surface area (Å²) in [5.74, 6) is 0.484. The average molecular weight is 404 g/mol. The van der Waals surface area contributed by atoms with Crippen molar-refractivity contribution < 1.29 is 0 Å². The van der Waals surface area contributed by atoms with E-state index in [1.807, 2.05) is 12.1 Å². The summed E-state index contributed by atoms with van der Waals surface area (Å²) in [5.41, 5.74) is 8.21. The number of guanidine groups is 1. The molecule has 0 saturated carbocycles. The molecule has 0 aliphatic rings. The number of halogens is 1. The highest BCUT2D eigenvalue weighted by Gasteiger charge is 2.05. The van der Waals surface area contributed by atoms with Crippen LogP contribution in [-0.4, -0.2) is 36.5 Å². The minimum atomic E-state index is 0. The molecule has 0 heterocycles. The summed E-state index contributed by atoms with van der Waals surface area (Å²) in [6.45, 7) is 11.4. The largest absolute Gasteiger partial charge is 0.370 e. The average Bonchev–Trinajstić information content (AvgIpc) is 2.43. The van der Waals surface area contributed by atoms with Gasteiger partial charge in [-0.15, -0.1) is 24.0 Å². The van der Waals surface area contributed by atoms with Crippen molar-refractivity contribution in [1.29, 1.82) is 0 Å². The zero-order valence-electron chi connectivity index (χ0n) is 13.6. The van der Waals surface area contributed by atoms with Gasteiger partial charge in [-0.25, -0.2) is 0 Å². The predicted molar refractivity (Wildman–Crippen MR) is 104 cm³/mol. The Hall–Kier alpha value is -0.820. The number of nitrogens with two attached hydrogens (primary N) is 1. The summed E-state index contributed by atoms with van der Waals surface area (Å²) in [7, 11) is 0. The van der Waals surface area contributed by atoms with Crippen LogP contribution < -0.4 is 11.1 Å². The van der Waals surface area contributed by atoms with Gasteiger partial charge in [-0.1, -0.05) is 26.0 Å². The van der Waals surface area contributed by atoms with E-state index in [2.05, 4.69) is 55.0 Å². The van der Waals surface area contributed by atoms with Gasteiger partial charge in [0.2, 0.25) is 0 Å². The van der Waals surface area contributed by atoms with Crippen molar-refractivity contribution in [3.05, 3.63) is 29.8 Å². The van der Waals surface area contributed by atoms with E-state index < -0.39 is 0 Å². The van der Waals surface area contributed by atoms with Crippen molar-refractivity contribution in [1.82, 2.24) is 4.90 Å². The number of nitrogens with one attached hydrogen (secondary N) is 1. The summed E-state index contributed by atoms with van der Waals surface area (Å²) in [6.07, 6.45) is 1.02. The molecule has 0 aliphatic carbocycles. The van der Waals surface area contributed by atoms with Gasteiger partial charge in [0.1, 0.15) is 0 Å². The summed E-state index contributed by atoms with van der Waals surface area (Å²) in [4.78, 5) is 6.76. The molecule has 0 saturated heterocycles. The first kappa shape index (κ1) is 20.2. The van der Waals surface area contributed by atoms with Gasteiger partial charge < -0.3 is 11.1 Å². The summed E-state index contributed by atoms with van der Waals surface area (Å²) >= 11 is 0. The van der Waals surface area contributed by atoms with E-state index in [9.17, 15) is 0 Å². The fraction of sp³-hybridized carbons (Fsp3) is 0.562. The van der Waals surface area contributed by atoms with Gasteiger partial charge >= 0.3 is 0 Å². The molecule has 5 heteroatoms. The molecule has 120 valence electrons. The lowest BCUT2D eigenvalue weighted by Gasteiger charge is -2.23. The third kappa shape index (κ3) is 7.66. The Balaban J connectivity index is 0.00000400. The Bertz CT molecular complexity index is 432. The standard InChI is InChI=1S/C16H28N4.HI/c1-5-14-8-7-9-15(12-14)19-16(17)18-10-11-20(6-2)13(3)4;/h7-9,12-13H,5-6,10-11H2,1-4H3,(H3,17,18,19);1H. The molecule has 1 rings (SSSR count). The van der Waals surface area contributed by atoms with Gasteiger partial charge in [0.05, 0.1) is 6.54 Å². The van der Waals surface area contributed by atoms with Crippen molar-refractivity contribution >= 4 is 35.6 Å². The van der Waals surface area contributed by atoms with E-state index in [0.29, 0.717) is 12.0 Å². The summed E-state index contributed by atoms with van der Waals surface area (Å²) < 4.78 is 0. The molecule has 0 amide bonds. The zero-order valence-corrected chi connectivity index (χ0v) is 15.9. The normalized spacial score (nSPS) is 11.6. The first-order chi connectivity index (χ1) is 9.56. The van der Waals surface area contributed by atoms with Crippen LogP contribution >= 0.6 is 24.0 Å². The fourth-order valence-electron chi connectivity index (χ4n) is 2.14. The number of nitrogens with zero attached hydrogens (tertiary/aromatic N) is 2. The SMILES string of the molecule is CCc1cccc(NC(N)=NCCN(CC)C(C)C)c1.I. The second-order valence-corrected chi connectivity index (χ2v) is 5.17. The Kier molecular flexibility index (Phi) is 10.4. The van der Waals surface area contributed by atoms with Crippen molar-refractivity contribution in [3.63, 3.8) is 0 Å². The van der Waals surface area contributed by atoms with Crippen LogP contribution in [0.3, 0.4) is 0 Å². The number of aryl methyl sites for hydroxylation is 1. The molecule has 0 radical (unpaired) electrons. The van der Waals surface area contributed by atoms with Gasteiger partial charge in [-0.2, -0.15) is 0 Å². The van der Waals surface area contributed by atoms with E-state index in [4.69, 9.17) is 5.73 Å². The maximum Gasteiger partial charge on any atom is 0.193 e. The Morgan fingerprint density at radius 1 is 1.33 bits per heavy atom. The number of hydrogen-bond donors (Lipinski definition) is 2. The molecule has 0 aliphatic heterocycles. The number of anilines is 1. The molecule has 0 aromatic heterocycles. The molecule has 4 nitrogen and oxygen atoms in total. The maximum absolute atomic E-state index is 5.92. The molecule has 1 aromatic carbocycles. The summed E-state index contributed by atoms with van der Waals surface area (Å²) in [6, 6.07) is 8.81. The topological polar surface area (TPSA) is 53.6 Å². The van der Waals surface area contributed by atoms with Crippen molar-refractivity contribution in [2.24, 2.45) is 10.7 Å². The van der Waals surface area contributed by atoms with Crippen LogP contribution in [-0.2, 0) is 6.42 Å². The first-order valence-electron chi connectivity index (χ1n) is 7.46. The van der Waals surface area contributed by atoms with Gasteiger partial charge in [0.25, 0.3) is 0 Å². The van der Waals surface area contributed by atoms with E-state index in [-0.39, 0.29) is 24.0 Å². The van der Waals surface area contributed by atoms with Crippen molar-refractivity contribution in [2.45, 2.75) is 40.2 Å². The highest BCUT2D eigenvalue weighted by Crippen LogP contribution is 2.10. The Morgan fingerprint density at radius 3 is 2.62 bits per heavy atom. The van der Waals surface area contributed by atoms with Crippen LogP contribution in [0.4, 0.5) is 5.69 Å². The van der Waals surface area contributed by atoms with E-state index in [0.717, 1.165) is 31.7 Å². The van der Waals surface area contributed by atoms with Crippen molar-refractivity contribution in [3.8, 4) is 0 Å². The fourth-order valence-corrected chi connectivity index (χ4v) is 2.14. The highest BCUT2D eigenvalue weighted by molar-refractivity contribution is 14.0. The third-order valence-corrected chi connectivity index (χ3v) is 3.41. The molecule has 0 bridgehead atoms. The number of benzene rings is 1. The molecule has 0 atom stereocenters. The van der Waals surface area contributed by atoms with Crippen LogP contribution in [0.2, 0.25) is 0 Å². The van der Waals surface area contributed by atoms with Crippen molar-refractivity contribution in [2.75, 3.05) is 25.0 Å². The molecule has 0 fully saturated rings. The van der Waals surface area contributed by atoms with E-state index in [1.165, 1.54) is 5.56 Å². The number of rotatable bonds is 7. The molecular weight excluding hydrogens is 375 g/mol. The predicted octanol–water partition coefficient (Wildman–Crippen LogP) is 3.32. The van der Waals surface area contributed by atoms with E-state index >= 15 is 0 Å². The lowest BCUT2D eigenvalue weighted by Crippen LogP contribution is -2.33. The molecular formula is C16H29IN4. The van der Waals surface area contributed by atoms with Crippen LogP contribution in [0, 0.1) is 0 Å². The minimum absolute atomic E-state index is 0. The third-order valence-electron chi connectivity index (χ3n) is 3.41. The lowest BCUT2D eigenvalue weighted by molar-refractivity contribution is 0.241. The Labute approximate surface area is 146 Å². The summed E-state index contributed by atoms with van der Waals surface area (Å²) in [5, 5.41) is 3.15. The highest BCUT2D eigenvalue weighted by atomic mass is 127. The van der Waals surface area contributed by atoms with Gasteiger partial charge in [0, 0.05) is 18.3 Å². The first-order valence-corrected chi connectivity index (χ1v) is 7.46. The van der Waals surface area contributed by atoms with Crippen LogP contribution in [0.5, 0.6) is 0 Å². The molecule has 1 aromatic rings. The van der Waals surface area contributed by atoms with Crippen LogP contribution in [0.15, 0.2) is 29.3 Å². The zero-order chi connectivity index (χ0) is 15.0. The number of likely N-dealkylation sites (N-methyl/N-ethyl adjacent to an activating group) is 1. The van der Waals surface area contributed by atoms with Gasteiger partial charge in [-0.05, 0) is 44.5 Å². The van der Waals surface area contributed by atoms with Crippen LogP contribution in [0.1, 0.15) is 33.3 Å². The van der Waals surface area contributed by atoms with E-state index in [1.54, 1.807) is 0 Å². The molecule has 0 unspecified atom stereocenters. The monoisotopic (exact) mass is 404 g/mol. The van der Waals surface area contributed by atoms with Gasteiger partial charge in [0.15, 0.2) is 5.96 Å². The lowest BCUT2D eigenvalue weighted by atomic mass is 10.1. The second-order valence-electron chi connectivity index (χ2n) is 5.17. The maximum atomic E-state index is 5.92. The minimum Gasteiger partial charge on any atom is -0.370 e. The second kappa shape index (κ2) is 10.8. The Morgan fingerprint density at radius 2 is 2.05 bits per heavy atom. The number of aliphatic imine (C=N–C) groups is 1. The smallest absolute Gasteiger partial charge is 0.193 e. The van der Waals surface area contributed by atoms with Gasteiger partial charge in [-0.3, -0.25) is 9.89 Å². The number of hydrogen-bond acceptors (Lipinski definition) is 2. The molecule has 0 spiro atoms. The molecule has 3 N–H and O–H groups in total. The van der Waals surface area contributed by atoms with Crippen LogP contribution in [0.25, 0.3) is 0 Å². The quantitative estimate of drug-likeness (QED) is 0.417.